The predicted octanol–water partition coefficient (Wildman–Crippen LogP) is 5.80. The summed E-state index contributed by atoms with van der Waals surface area (Å²) in [5.74, 6) is 5.80. The molecule has 33 heavy (non-hydrogen) atoms. The van der Waals surface area contributed by atoms with Crippen molar-refractivity contribution in [3.63, 3.8) is 0 Å². The maximum Gasteiger partial charge on any atom is 0.132 e. The smallest absolute Gasteiger partial charge is 0.132 e. The molecule has 0 radical (unpaired) electrons. The zero-order chi connectivity index (χ0) is 26.0. The number of ketones is 1. The highest BCUT2D eigenvalue weighted by Gasteiger charge is 1.99. The first-order valence-electron chi connectivity index (χ1n) is 13.3. The van der Waals surface area contributed by atoms with Gasteiger partial charge in [0.15, 0.2) is 0 Å². The summed E-state index contributed by atoms with van der Waals surface area (Å²) < 4.78 is 10.8. The number of hydrazone groups is 1. The molecule has 7 nitrogen and oxygen atoms in total. The molecule has 0 unspecified atom stereocenters. The molecule has 0 bridgehead atoms. The lowest BCUT2D eigenvalue weighted by molar-refractivity contribution is -0.118. The molecule has 0 aliphatic heterocycles. The van der Waals surface area contributed by atoms with E-state index in [4.69, 9.17) is 15.3 Å². The van der Waals surface area contributed by atoms with Gasteiger partial charge < -0.3 is 20.6 Å². The molecule has 0 aromatic rings. The van der Waals surface area contributed by atoms with Crippen molar-refractivity contribution in [2.75, 3.05) is 46.6 Å². The molecule has 0 atom stereocenters. The van der Waals surface area contributed by atoms with Gasteiger partial charge in [-0.2, -0.15) is 5.10 Å². The van der Waals surface area contributed by atoms with E-state index in [0.29, 0.717) is 45.2 Å². The number of hydrogen-bond donors (Lipinski definition) is 2. The van der Waals surface area contributed by atoms with Crippen LogP contribution < -0.4 is 11.2 Å². The van der Waals surface area contributed by atoms with E-state index < -0.39 is 0 Å². The number of hydrogen-bond acceptors (Lipinski definition) is 7. The van der Waals surface area contributed by atoms with Crippen molar-refractivity contribution >= 4 is 17.7 Å². The van der Waals surface area contributed by atoms with Crippen LogP contribution in [0.5, 0.6) is 0 Å². The fraction of sp³-hybridized carbons (Fsp3) is 0.885. The van der Waals surface area contributed by atoms with Gasteiger partial charge in [-0.1, -0.05) is 74.1 Å². The number of nitrogens with zero attached hydrogens (tertiary/aromatic N) is 2. The van der Waals surface area contributed by atoms with Gasteiger partial charge >= 0.3 is 0 Å². The molecule has 0 spiro atoms. The number of likely N-dealkylation sites (N-methyl/N-ethyl adjacent to an activating group) is 1. The summed E-state index contributed by atoms with van der Waals surface area (Å²) >= 11 is 0. The highest BCUT2D eigenvalue weighted by atomic mass is 16.5. The third kappa shape index (κ3) is 38.3. The number of nitrogens with two attached hydrogens (primary N) is 1. The van der Waals surface area contributed by atoms with Gasteiger partial charge in [0, 0.05) is 25.6 Å². The second-order valence-electron chi connectivity index (χ2n) is 6.50. The Bertz CT molecular complexity index is 403. The van der Waals surface area contributed by atoms with Crippen molar-refractivity contribution in [3.8, 4) is 0 Å². The van der Waals surface area contributed by atoms with Gasteiger partial charge in [-0.05, 0) is 26.3 Å². The summed E-state index contributed by atoms with van der Waals surface area (Å²) in [6.07, 6.45) is 10.8. The molecule has 0 saturated heterocycles. The van der Waals surface area contributed by atoms with Crippen molar-refractivity contribution in [2.45, 2.75) is 106 Å². The average molecular weight is 475 g/mol. The van der Waals surface area contributed by atoms with Gasteiger partial charge in [0.1, 0.15) is 5.78 Å². The lowest BCUT2D eigenvalue weighted by atomic mass is 10.1. The Labute approximate surface area is 206 Å². The molecule has 0 saturated carbocycles. The van der Waals surface area contributed by atoms with Crippen molar-refractivity contribution in [1.29, 1.82) is 0 Å². The van der Waals surface area contributed by atoms with Crippen LogP contribution in [0, 0.1) is 0 Å². The number of Topliss-reactive ketones (excluding diaryl/α,β-unsaturated/α-hetero) is 1. The van der Waals surface area contributed by atoms with Crippen LogP contribution in [0.1, 0.15) is 106 Å². The molecule has 200 valence electrons. The van der Waals surface area contributed by atoms with Crippen LogP contribution in [0.4, 0.5) is 0 Å². The average Bonchev–Trinajstić information content (AvgIpc) is 2.88. The van der Waals surface area contributed by atoms with Gasteiger partial charge in [0.25, 0.3) is 0 Å². The molecular weight excluding hydrogens is 416 g/mol. The summed E-state index contributed by atoms with van der Waals surface area (Å²) in [7, 11) is 1.90. The normalized spacial score (nSPS) is 10.5. The van der Waals surface area contributed by atoms with E-state index in [2.05, 4.69) is 15.4 Å². The first-order valence-corrected chi connectivity index (χ1v) is 13.3. The Morgan fingerprint density at radius 1 is 0.818 bits per heavy atom. The van der Waals surface area contributed by atoms with Crippen molar-refractivity contribution < 1.29 is 14.3 Å². The monoisotopic (exact) mass is 474 g/mol. The summed E-state index contributed by atoms with van der Waals surface area (Å²) in [4.78, 5) is 15.5. The molecule has 7 heteroatoms. The zero-order valence-corrected chi connectivity index (χ0v) is 23.4. The largest absolute Gasteiger partial charge is 0.378 e. The molecule has 3 N–H and O–H groups in total. The van der Waals surface area contributed by atoms with Gasteiger partial charge in [0.2, 0.25) is 0 Å². The number of carbonyl (C=O) groups excluding carboxylic acids is 1. The summed E-state index contributed by atoms with van der Waals surface area (Å²) in [5.41, 5.74) is 0.832. The molecule has 0 aromatic heterocycles. The third-order valence-corrected chi connectivity index (χ3v) is 4.17. The second kappa shape index (κ2) is 41.0. The zero-order valence-electron chi connectivity index (χ0n) is 23.4. The standard InChI is InChI=1S/C20H40N4O3.3C2H6/c1-3-20(25)11-9-7-5-4-6-8-10-19(24-21)18-23-13-15-27-17-16-26-14-12-22-2;3*1-2/h18,22H,3-17,21H2,1-2H3;3*1-2H3/b23-18?,24-19-;;;. The number of ether oxygens (including phenoxy) is 2. The third-order valence-electron chi connectivity index (χ3n) is 4.17. The van der Waals surface area contributed by atoms with E-state index >= 15 is 0 Å². The number of carbonyl (C=O) groups is 1. The van der Waals surface area contributed by atoms with E-state index in [1.165, 1.54) is 12.8 Å². The minimum atomic E-state index is 0.376. The second-order valence-corrected chi connectivity index (χ2v) is 6.50. The van der Waals surface area contributed by atoms with E-state index in [9.17, 15) is 4.79 Å². The fourth-order valence-corrected chi connectivity index (χ4v) is 2.46. The maximum absolute atomic E-state index is 11.2. The van der Waals surface area contributed by atoms with E-state index in [1.54, 1.807) is 6.21 Å². The van der Waals surface area contributed by atoms with Crippen molar-refractivity contribution in [3.05, 3.63) is 0 Å². The van der Waals surface area contributed by atoms with Gasteiger partial charge in [0.05, 0.1) is 38.7 Å². The van der Waals surface area contributed by atoms with Crippen LogP contribution >= 0.6 is 0 Å². The Morgan fingerprint density at radius 3 is 1.85 bits per heavy atom. The summed E-state index contributed by atoms with van der Waals surface area (Å²) in [6, 6.07) is 0. The number of aliphatic imine (C=N–C) groups is 1. The molecule has 0 rings (SSSR count). The van der Waals surface area contributed by atoms with Crippen LogP contribution in [-0.4, -0.2) is 64.3 Å². The highest BCUT2D eigenvalue weighted by molar-refractivity contribution is 6.30. The molecule has 0 aromatic carbocycles. The Kier molecular flexibility index (Phi) is 48.4. The van der Waals surface area contributed by atoms with E-state index in [-0.39, 0.29) is 0 Å². The van der Waals surface area contributed by atoms with Gasteiger partial charge in [-0.3, -0.25) is 9.79 Å². The number of nitrogens with one attached hydrogen (secondary N) is 1. The first-order chi connectivity index (χ1) is 16.2. The van der Waals surface area contributed by atoms with Crippen molar-refractivity contribution in [1.82, 2.24) is 5.32 Å². The van der Waals surface area contributed by atoms with Crippen LogP contribution in [0.2, 0.25) is 0 Å². The highest BCUT2D eigenvalue weighted by Crippen LogP contribution is 2.09. The predicted molar refractivity (Wildman–Crippen MR) is 147 cm³/mol. The quantitative estimate of drug-likeness (QED) is 0.100. The van der Waals surface area contributed by atoms with Crippen LogP contribution in [-0.2, 0) is 14.3 Å². The lowest BCUT2D eigenvalue weighted by Crippen LogP contribution is -2.16. The Hall–Kier alpha value is -1.31. The van der Waals surface area contributed by atoms with E-state index in [1.807, 2.05) is 55.5 Å². The van der Waals surface area contributed by atoms with Crippen LogP contribution in [0.3, 0.4) is 0 Å². The minimum absolute atomic E-state index is 0.376. The van der Waals surface area contributed by atoms with Crippen LogP contribution in [0.15, 0.2) is 10.1 Å². The molecular formula is C26H58N4O3. The summed E-state index contributed by atoms with van der Waals surface area (Å²) in [5, 5.41) is 6.82. The Morgan fingerprint density at radius 2 is 1.33 bits per heavy atom. The molecule has 0 amide bonds. The SMILES string of the molecule is CC.CC.CC.CCC(=O)CCCCCCCC/C(C=NCCOCCOCCNC)=N/N. The Balaban J connectivity index is -0.000000642. The number of rotatable bonds is 20. The topological polar surface area (TPSA) is 98.3 Å². The minimum Gasteiger partial charge on any atom is -0.378 e. The van der Waals surface area contributed by atoms with Gasteiger partial charge in [-0.25, -0.2) is 0 Å². The molecule has 0 fully saturated rings. The molecule has 0 aliphatic carbocycles. The van der Waals surface area contributed by atoms with E-state index in [0.717, 1.165) is 50.8 Å². The first kappa shape index (κ1) is 38.9. The maximum atomic E-state index is 11.2. The molecule has 0 heterocycles. The van der Waals surface area contributed by atoms with Gasteiger partial charge in [-0.15, -0.1) is 0 Å². The summed E-state index contributed by atoms with van der Waals surface area (Å²) in [6.45, 7) is 17.9. The molecule has 0 aliphatic rings. The number of unbranched alkanes of at least 4 members (excludes halogenated alkanes) is 5. The van der Waals surface area contributed by atoms with Crippen molar-refractivity contribution in [2.24, 2.45) is 15.9 Å². The fourth-order valence-electron chi connectivity index (χ4n) is 2.46. The lowest BCUT2D eigenvalue weighted by Gasteiger charge is -2.04. The van der Waals surface area contributed by atoms with Crippen LogP contribution in [0.25, 0.3) is 0 Å².